The molecule has 0 bridgehead atoms. The zero-order valence-electron chi connectivity index (χ0n) is 10.6. The Balaban J connectivity index is 2.56. The number of hydrogen-bond acceptors (Lipinski definition) is 2. The van der Waals surface area contributed by atoms with Crippen LogP contribution < -0.4 is 10.1 Å². The lowest BCUT2D eigenvalue weighted by Gasteiger charge is -2.13. The van der Waals surface area contributed by atoms with Gasteiger partial charge in [-0.3, -0.25) is 4.79 Å². The Morgan fingerprint density at radius 3 is 2.63 bits per heavy atom. The smallest absolute Gasteiger partial charge is 0.419 e. The van der Waals surface area contributed by atoms with E-state index in [1.54, 1.807) is 0 Å². The number of hydrogen-bond donors (Lipinski definition) is 1. The molecule has 0 unspecified atom stereocenters. The molecule has 0 atom stereocenters. The Bertz CT molecular complexity index is 419. The van der Waals surface area contributed by atoms with E-state index in [-0.39, 0.29) is 5.75 Å². The van der Waals surface area contributed by atoms with E-state index in [0.717, 1.165) is 18.9 Å². The van der Waals surface area contributed by atoms with Gasteiger partial charge in [-0.1, -0.05) is 25.5 Å². The summed E-state index contributed by atoms with van der Waals surface area (Å²) in [4.78, 5) is 11.3. The molecule has 0 aromatic heterocycles. The Hall–Kier alpha value is -1.72. The lowest BCUT2D eigenvalue weighted by Crippen LogP contribution is -2.29. The summed E-state index contributed by atoms with van der Waals surface area (Å²) in [6, 6.07) is 4.82. The van der Waals surface area contributed by atoms with E-state index in [1.807, 2.05) is 6.92 Å². The molecule has 0 fully saturated rings. The third-order valence-electron chi connectivity index (χ3n) is 2.40. The highest BCUT2D eigenvalue weighted by Crippen LogP contribution is 2.35. The molecule has 0 aliphatic rings. The number of carbonyl (C=O) groups excluding carboxylic acids is 1. The van der Waals surface area contributed by atoms with Gasteiger partial charge in [-0.25, -0.2) is 0 Å². The van der Waals surface area contributed by atoms with Gasteiger partial charge in [-0.15, -0.1) is 0 Å². The number of carbonyl (C=O) groups is 1. The summed E-state index contributed by atoms with van der Waals surface area (Å²) >= 11 is 0. The molecule has 0 saturated heterocycles. The molecule has 6 heteroatoms. The Labute approximate surface area is 109 Å². The molecule has 0 aliphatic carbocycles. The van der Waals surface area contributed by atoms with E-state index in [0.29, 0.717) is 6.54 Å². The van der Waals surface area contributed by atoms with Crippen molar-refractivity contribution in [2.45, 2.75) is 25.9 Å². The van der Waals surface area contributed by atoms with Crippen LogP contribution in [0.2, 0.25) is 0 Å². The van der Waals surface area contributed by atoms with Crippen molar-refractivity contribution in [3.05, 3.63) is 29.8 Å². The highest BCUT2D eigenvalue weighted by molar-refractivity contribution is 5.77. The van der Waals surface area contributed by atoms with Crippen LogP contribution in [0.5, 0.6) is 5.75 Å². The van der Waals surface area contributed by atoms with Crippen LogP contribution in [0.3, 0.4) is 0 Å². The van der Waals surface area contributed by atoms with Gasteiger partial charge in [0.15, 0.2) is 6.61 Å². The van der Waals surface area contributed by atoms with Gasteiger partial charge in [0.2, 0.25) is 0 Å². The maximum Gasteiger partial charge on any atom is 0.419 e. The van der Waals surface area contributed by atoms with Crippen LogP contribution in [0.15, 0.2) is 24.3 Å². The van der Waals surface area contributed by atoms with Gasteiger partial charge in [0.25, 0.3) is 5.91 Å². The molecule has 0 spiro atoms. The summed E-state index contributed by atoms with van der Waals surface area (Å²) in [6.45, 7) is 2.05. The summed E-state index contributed by atoms with van der Waals surface area (Å²) in [5, 5.41) is 2.57. The van der Waals surface area contributed by atoms with E-state index in [4.69, 9.17) is 4.74 Å². The van der Waals surface area contributed by atoms with Gasteiger partial charge < -0.3 is 10.1 Å². The summed E-state index contributed by atoms with van der Waals surface area (Å²) in [5.41, 5.74) is -0.878. The van der Waals surface area contributed by atoms with Gasteiger partial charge in [0.05, 0.1) is 5.56 Å². The molecule has 0 radical (unpaired) electrons. The third kappa shape index (κ3) is 5.19. The molecule has 0 aliphatic heterocycles. The lowest BCUT2D eigenvalue weighted by molar-refractivity contribution is -0.139. The summed E-state index contributed by atoms with van der Waals surface area (Å²) in [5.74, 6) is -0.758. The zero-order chi connectivity index (χ0) is 14.3. The van der Waals surface area contributed by atoms with Crippen molar-refractivity contribution in [3.63, 3.8) is 0 Å². The van der Waals surface area contributed by atoms with E-state index in [9.17, 15) is 18.0 Å². The molecule has 1 aromatic carbocycles. The summed E-state index contributed by atoms with van der Waals surface area (Å²) in [6.07, 6.45) is -2.74. The maximum atomic E-state index is 12.6. The Morgan fingerprint density at radius 2 is 2.00 bits per heavy atom. The minimum absolute atomic E-state index is 0.333. The molecule has 1 amide bonds. The van der Waals surface area contributed by atoms with Gasteiger partial charge >= 0.3 is 6.18 Å². The molecule has 1 N–H and O–H groups in total. The van der Waals surface area contributed by atoms with Crippen LogP contribution in [0, 0.1) is 0 Å². The van der Waals surface area contributed by atoms with Crippen LogP contribution in [-0.2, 0) is 11.0 Å². The molecule has 0 heterocycles. The average molecular weight is 275 g/mol. The fourth-order valence-electron chi connectivity index (χ4n) is 1.43. The lowest BCUT2D eigenvalue weighted by atomic mass is 10.2. The topological polar surface area (TPSA) is 38.3 Å². The van der Waals surface area contributed by atoms with Gasteiger partial charge in [0.1, 0.15) is 5.75 Å². The largest absolute Gasteiger partial charge is 0.483 e. The minimum atomic E-state index is -4.49. The second kappa shape index (κ2) is 7.01. The predicted molar refractivity (Wildman–Crippen MR) is 64.9 cm³/mol. The quantitative estimate of drug-likeness (QED) is 0.810. The van der Waals surface area contributed by atoms with Crippen molar-refractivity contribution in [3.8, 4) is 5.75 Å². The number of alkyl halides is 3. The number of ether oxygens (including phenoxy) is 1. The molecule has 1 rings (SSSR count). The first-order valence-electron chi connectivity index (χ1n) is 6.01. The normalized spacial score (nSPS) is 11.2. The third-order valence-corrected chi connectivity index (χ3v) is 2.40. The molecule has 1 aromatic rings. The van der Waals surface area contributed by atoms with Crippen molar-refractivity contribution < 1.29 is 22.7 Å². The first-order chi connectivity index (χ1) is 8.95. The fraction of sp³-hybridized carbons (Fsp3) is 0.462. The molecular weight excluding hydrogens is 259 g/mol. The Kier molecular flexibility index (Phi) is 5.66. The average Bonchev–Trinajstić information content (AvgIpc) is 2.36. The maximum absolute atomic E-state index is 12.6. The van der Waals surface area contributed by atoms with Gasteiger partial charge in [-0.05, 0) is 18.6 Å². The van der Waals surface area contributed by atoms with Crippen molar-refractivity contribution >= 4 is 5.91 Å². The van der Waals surface area contributed by atoms with Crippen molar-refractivity contribution in [2.75, 3.05) is 13.2 Å². The number of para-hydroxylation sites is 1. The number of halogens is 3. The number of amides is 1. The number of rotatable bonds is 6. The van der Waals surface area contributed by atoms with Crippen molar-refractivity contribution in [1.82, 2.24) is 5.32 Å². The summed E-state index contributed by atoms with van der Waals surface area (Å²) in [7, 11) is 0. The minimum Gasteiger partial charge on any atom is -0.483 e. The second-order valence-electron chi connectivity index (χ2n) is 3.99. The molecule has 19 heavy (non-hydrogen) atoms. The van der Waals surface area contributed by atoms with Crippen LogP contribution in [0.25, 0.3) is 0 Å². The van der Waals surface area contributed by atoms with E-state index in [2.05, 4.69) is 5.32 Å². The Morgan fingerprint density at radius 1 is 1.32 bits per heavy atom. The molecule has 106 valence electrons. The van der Waals surface area contributed by atoms with Crippen LogP contribution in [0.4, 0.5) is 13.2 Å². The predicted octanol–water partition coefficient (Wildman–Crippen LogP) is 3.00. The van der Waals surface area contributed by atoms with E-state index >= 15 is 0 Å². The number of nitrogens with one attached hydrogen (secondary N) is 1. The van der Waals surface area contributed by atoms with E-state index in [1.165, 1.54) is 18.2 Å². The van der Waals surface area contributed by atoms with Gasteiger partial charge in [-0.2, -0.15) is 13.2 Å². The van der Waals surface area contributed by atoms with Crippen LogP contribution >= 0.6 is 0 Å². The molecular formula is C13H16F3NO2. The second-order valence-corrected chi connectivity index (χ2v) is 3.99. The van der Waals surface area contributed by atoms with Crippen molar-refractivity contribution in [2.24, 2.45) is 0 Å². The fourth-order valence-corrected chi connectivity index (χ4v) is 1.43. The van der Waals surface area contributed by atoms with Gasteiger partial charge in [0, 0.05) is 6.54 Å². The monoisotopic (exact) mass is 275 g/mol. The first kappa shape index (κ1) is 15.3. The number of unbranched alkanes of at least 4 members (excludes halogenated alkanes) is 1. The zero-order valence-corrected chi connectivity index (χ0v) is 10.6. The SMILES string of the molecule is CCCCNC(=O)COc1ccccc1C(F)(F)F. The van der Waals surface area contributed by atoms with Crippen molar-refractivity contribution in [1.29, 1.82) is 0 Å². The van der Waals surface area contributed by atoms with Crippen LogP contribution in [0.1, 0.15) is 25.3 Å². The first-order valence-corrected chi connectivity index (χ1v) is 6.01. The van der Waals surface area contributed by atoms with E-state index < -0.39 is 24.3 Å². The molecule has 0 saturated carbocycles. The highest BCUT2D eigenvalue weighted by atomic mass is 19.4. The number of benzene rings is 1. The standard InChI is InChI=1S/C13H16F3NO2/c1-2-3-8-17-12(18)9-19-11-7-5-4-6-10(11)13(14,15)16/h4-7H,2-3,8-9H2,1H3,(H,17,18). The van der Waals surface area contributed by atoms with Crippen LogP contribution in [-0.4, -0.2) is 19.1 Å². The molecule has 3 nitrogen and oxygen atoms in total. The highest BCUT2D eigenvalue weighted by Gasteiger charge is 2.34. The summed E-state index contributed by atoms with van der Waals surface area (Å²) < 4.78 is 42.8.